The van der Waals surface area contributed by atoms with Crippen LogP contribution in [-0.2, 0) is 4.79 Å². The summed E-state index contributed by atoms with van der Waals surface area (Å²) in [5, 5.41) is 3.38. The van der Waals surface area contributed by atoms with Gasteiger partial charge in [0.2, 0.25) is 5.91 Å². The van der Waals surface area contributed by atoms with E-state index in [0.29, 0.717) is 11.6 Å². The second-order valence-corrected chi connectivity index (χ2v) is 8.63. The Kier molecular flexibility index (Phi) is 5.48. The quantitative estimate of drug-likeness (QED) is 0.667. The third-order valence-corrected chi connectivity index (χ3v) is 5.22. The van der Waals surface area contributed by atoms with Gasteiger partial charge in [0.15, 0.2) is 5.82 Å². The van der Waals surface area contributed by atoms with Crippen molar-refractivity contribution in [1.82, 2.24) is 19.9 Å². The van der Waals surface area contributed by atoms with Crippen molar-refractivity contribution in [1.29, 1.82) is 0 Å². The smallest absolute Gasteiger partial charge is 0.228 e. The number of aromatic nitrogens is 3. The van der Waals surface area contributed by atoms with Gasteiger partial charge in [-0.1, -0.05) is 39.0 Å². The normalized spacial score (nSPS) is 16.5. The van der Waals surface area contributed by atoms with Crippen LogP contribution in [0.25, 0.3) is 11.3 Å². The Hall–Kier alpha value is -3.28. The zero-order chi connectivity index (χ0) is 21.1. The fourth-order valence-electron chi connectivity index (χ4n) is 3.73. The largest absolute Gasteiger partial charge is 0.340 e. The SMILES string of the molecule is CC(C)(C)C(=O)N1CCC[C@H]1c1nc(Nc2ccccc2)cc(-c2ccncc2)n1. The lowest BCUT2D eigenvalue weighted by molar-refractivity contribution is -0.140. The molecule has 0 bridgehead atoms. The maximum absolute atomic E-state index is 13.0. The van der Waals surface area contributed by atoms with Crippen LogP contribution >= 0.6 is 0 Å². The van der Waals surface area contributed by atoms with Gasteiger partial charge in [0, 0.05) is 41.7 Å². The molecular formula is C24H27N5O. The summed E-state index contributed by atoms with van der Waals surface area (Å²) in [5.41, 5.74) is 2.31. The van der Waals surface area contributed by atoms with Crippen LogP contribution in [0.1, 0.15) is 45.5 Å². The summed E-state index contributed by atoms with van der Waals surface area (Å²) in [6.07, 6.45) is 5.34. The lowest BCUT2D eigenvalue weighted by Crippen LogP contribution is -2.39. The van der Waals surface area contributed by atoms with E-state index in [1.165, 1.54) is 0 Å². The molecule has 0 saturated carbocycles. The first-order valence-electron chi connectivity index (χ1n) is 10.3. The molecule has 30 heavy (non-hydrogen) atoms. The maximum atomic E-state index is 13.0. The number of nitrogens with one attached hydrogen (secondary N) is 1. The van der Waals surface area contributed by atoms with E-state index < -0.39 is 5.41 Å². The summed E-state index contributed by atoms with van der Waals surface area (Å²) >= 11 is 0. The molecule has 0 spiro atoms. The Morgan fingerprint density at radius 2 is 1.80 bits per heavy atom. The molecule has 3 heterocycles. The number of carbonyl (C=O) groups is 1. The number of benzene rings is 1. The third kappa shape index (κ3) is 4.32. The first kappa shape index (κ1) is 20.0. The zero-order valence-corrected chi connectivity index (χ0v) is 17.7. The fourth-order valence-corrected chi connectivity index (χ4v) is 3.73. The molecule has 4 rings (SSSR count). The fraction of sp³-hybridized carbons (Fsp3) is 0.333. The molecule has 154 valence electrons. The number of para-hydroxylation sites is 1. The van der Waals surface area contributed by atoms with E-state index >= 15 is 0 Å². The highest BCUT2D eigenvalue weighted by Crippen LogP contribution is 2.35. The van der Waals surface area contributed by atoms with Crippen molar-refractivity contribution in [3.63, 3.8) is 0 Å². The highest BCUT2D eigenvalue weighted by molar-refractivity contribution is 5.82. The molecule has 1 aliphatic rings. The molecule has 0 aliphatic carbocycles. The summed E-state index contributed by atoms with van der Waals surface area (Å²) in [5.74, 6) is 1.53. The van der Waals surface area contributed by atoms with Crippen LogP contribution in [0.4, 0.5) is 11.5 Å². The van der Waals surface area contributed by atoms with Crippen molar-refractivity contribution >= 4 is 17.4 Å². The molecule has 1 fully saturated rings. The van der Waals surface area contributed by atoms with Gasteiger partial charge < -0.3 is 10.2 Å². The van der Waals surface area contributed by atoms with Crippen molar-refractivity contribution in [2.75, 3.05) is 11.9 Å². The summed E-state index contributed by atoms with van der Waals surface area (Å²) in [4.78, 5) is 28.8. The predicted molar refractivity (Wildman–Crippen MR) is 118 cm³/mol. The van der Waals surface area contributed by atoms with E-state index in [1.54, 1.807) is 12.4 Å². The number of amides is 1. The molecule has 0 unspecified atom stereocenters. The number of likely N-dealkylation sites (tertiary alicyclic amines) is 1. The van der Waals surface area contributed by atoms with Gasteiger partial charge in [-0.05, 0) is 37.1 Å². The van der Waals surface area contributed by atoms with E-state index in [9.17, 15) is 4.79 Å². The minimum Gasteiger partial charge on any atom is -0.340 e. The van der Waals surface area contributed by atoms with E-state index in [4.69, 9.17) is 9.97 Å². The molecule has 2 aromatic heterocycles. The number of rotatable bonds is 4. The van der Waals surface area contributed by atoms with Gasteiger partial charge in [-0.25, -0.2) is 9.97 Å². The second kappa shape index (κ2) is 8.22. The van der Waals surface area contributed by atoms with E-state index in [0.717, 1.165) is 36.3 Å². The van der Waals surface area contributed by atoms with Crippen LogP contribution in [0.15, 0.2) is 60.9 Å². The van der Waals surface area contributed by atoms with Gasteiger partial charge in [-0.3, -0.25) is 9.78 Å². The Morgan fingerprint density at radius 1 is 1.07 bits per heavy atom. The van der Waals surface area contributed by atoms with Crippen LogP contribution in [0.3, 0.4) is 0 Å². The van der Waals surface area contributed by atoms with Gasteiger partial charge in [0.05, 0.1) is 11.7 Å². The topological polar surface area (TPSA) is 71.0 Å². The van der Waals surface area contributed by atoms with Crippen molar-refractivity contribution < 1.29 is 4.79 Å². The maximum Gasteiger partial charge on any atom is 0.228 e. The molecule has 1 aliphatic heterocycles. The van der Waals surface area contributed by atoms with Gasteiger partial charge >= 0.3 is 0 Å². The van der Waals surface area contributed by atoms with Crippen LogP contribution in [0.2, 0.25) is 0 Å². The third-order valence-electron chi connectivity index (χ3n) is 5.22. The molecule has 6 heteroatoms. The van der Waals surface area contributed by atoms with Crippen molar-refractivity contribution in [2.24, 2.45) is 5.41 Å². The summed E-state index contributed by atoms with van der Waals surface area (Å²) < 4.78 is 0. The molecule has 0 radical (unpaired) electrons. The van der Waals surface area contributed by atoms with E-state index in [-0.39, 0.29) is 11.9 Å². The van der Waals surface area contributed by atoms with Gasteiger partial charge in [0.1, 0.15) is 5.82 Å². The van der Waals surface area contributed by atoms with E-state index in [1.807, 2.05) is 74.2 Å². The van der Waals surface area contributed by atoms with Crippen LogP contribution in [0.5, 0.6) is 0 Å². The monoisotopic (exact) mass is 401 g/mol. The summed E-state index contributed by atoms with van der Waals surface area (Å²) in [6, 6.07) is 15.6. The summed E-state index contributed by atoms with van der Waals surface area (Å²) in [7, 11) is 0. The van der Waals surface area contributed by atoms with Crippen molar-refractivity contribution in [3.8, 4) is 11.3 Å². The lowest BCUT2D eigenvalue weighted by atomic mass is 9.94. The Labute approximate surface area is 177 Å². The number of pyridine rings is 1. The molecular weight excluding hydrogens is 374 g/mol. The minimum absolute atomic E-state index is 0.116. The number of hydrogen-bond donors (Lipinski definition) is 1. The Bertz CT molecular complexity index is 1010. The Morgan fingerprint density at radius 3 is 2.50 bits per heavy atom. The van der Waals surface area contributed by atoms with Crippen LogP contribution in [0, 0.1) is 5.41 Å². The predicted octanol–water partition coefficient (Wildman–Crippen LogP) is 4.99. The molecule has 6 nitrogen and oxygen atoms in total. The first-order chi connectivity index (χ1) is 14.4. The second-order valence-electron chi connectivity index (χ2n) is 8.63. The molecule has 1 atom stereocenters. The zero-order valence-electron chi connectivity index (χ0n) is 17.7. The summed E-state index contributed by atoms with van der Waals surface area (Å²) in [6.45, 7) is 6.62. The van der Waals surface area contributed by atoms with E-state index in [2.05, 4.69) is 10.3 Å². The average molecular weight is 402 g/mol. The molecule has 1 N–H and O–H groups in total. The Balaban J connectivity index is 1.75. The van der Waals surface area contributed by atoms with Crippen molar-refractivity contribution in [2.45, 2.75) is 39.7 Å². The van der Waals surface area contributed by atoms with Gasteiger partial charge in [0.25, 0.3) is 0 Å². The molecule has 1 saturated heterocycles. The highest BCUT2D eigenvalue weighted by Gasteiger charge is 2.37. The number of anilines is 2. The van der Waals surface area contributed by atoms with Crippen LogP contribution in [-0.4, -0.2) is 32.3 Å². The van der Waals surface area contributed by atoms with Crippen LogP contribution < -0.4 is 5.32 Å². The first-order valence-corrected chi connectivity index (χ1v) is 10.3. The number of hydrogen-bond acceptors (Lipinski definition) is 5. The lowest BCUT2D eigenvalue weighted by Gasteiger charge is -2.30. The number of nitrogens with zero attached hydrogens (tertiary/aromatic N) is 4. The molecule has 3 aromatic rings. The minimum atomic E-state index is -0.434. The van der Waals surface area contributed by atoms with Crippen molar-refractivity contribution in [3.05, 3.63) is 66.7 Å². The number of carbonyl (C=O) groups excluding carboxylic acids is 1. The standard InChI is InChI=1S/C24H27N5O/c1-24(2,3)23(30)29-15-7-10-20(29)22-27-19(17-11-13-25-14-12-17)16-21(28-22)26-18-8-5-4-6-9-18/h4-6,8-9,11-14,16,20H,7,10,15H2,1-3H3,(H,26,27,28)/t20-/m0/s1. The van der Waals surface area contributed by atoms with Gasteiger partial charge in [-0.15, -0.1) is 0 Å². The molecule has 1 amide bonds. The average Bonchev–Trinajstić information content (AvgIpc) is 3.23. The highest BCUT2D eigenvalue weighted by atomic mass is 16.2. The van der Waals surface area contributed by atoms with Gasteiger partial charge in [-0.2, -0.15) is 0 Å². The molecule has 1 aromatic carbocycles.